The average Bonchev–Trinajstić information content (AvgIpc) is 2.59. The molecule has 0 aliphatic heterocycles. The summed E-state index contributed by atoms with van der Waals surface area (Å²) >= 11 is 22.9. The Morgan fingerprint density at radius 3 is 0.808 bits per heavy atom. The number of hydrogen-bond acceptors (Lipinski definition) is 0. The van der Waals surface area contributed by atoms with Gasteiger partial charge in [-0.2, -0.15) is 0 Å². The van der Waals surface area contributed by atoms with Crippen molar-refractivity contribution in [3.63, 3.8) is 0 Å². The second-order valence-electron chi connectivity index (χ2n) is 7.77. The highest BCUT2D eigenvalue weighted by Crippen LogP contribution is 2.32. The molecular formula is C22H42Cl4. The van der Waals surface area contributed by atoms with Crippen LogP contribution in [0.1, 0.15) is 128 Å². The topological polar surface area (TPSA) is 0 Å². The van der Waals surface area contributed by atoms with Gasteiger partial charge >= 0.3 is 0 Å². The number of rotatable bonds is 20. The molecule has 0 rings (SSSR count). The second kappa shape index (κ2) is 20.9. The van der Waals surface area contributed by atoms with E-state index in [1.54, 1.807) is 0 Å². The maximum Gasteiger partial charge on any atom is 0.190 e. The first-order valence-electron chi connectivity index (χ1n) is 11.2. The van der Waals surface area contributed by atoms with E-state index in [1.165, 1.54) is 116 Å². The van der Waals surface area contributed by atoms with E-state index in [2.05, 4.69) is 0 Å². The van der Waals surface area contributed by atoms with Crippen LogP contribution in [0.5, 0.6) is 0 Å². The highest BCUT2D eigenvalue weighted by molar-refractivity contribution is 6.67. The molecule has 158 valence electrons. The predicted octanol–water partition coefficient (Wildman–Crippen LogP) is 10.4. The molecule has 0 aliphatic carbocycles. The van der Waals surface area contributed by atoms with Gasteiger partial charge in [-0.1, -0.05) is 144 Å². The fraction of sp³-hybridized carbons (Fsp3) is 1.00. The number of alkyl halides is 4. The highest BCUT2D eigenvalue weighted by atomic mass is 35.6. The largest absolute Gasteiger partial charge is 0.190 e. The van der Waals surface area contributed by atoms with Gasteiger partial charge in [0.05, 0.1) is 0 Å². The molecule has 0 nitrogen and oxygen atoms in total. The summed E-state index contributed by atoms with van der Waals surface area (Å²) in [5.74, 6) is 0.833. The summed E-state index contributed by atoms with van der Waals surface area (Å²) in [5, 5.41) is 0. The van der Waals surface area contributed by atoms with Gasteiger partial charge in [0.25, 0.3) is 0 Å². The van der Waals surface area contributed by atoms with Crippen molar-refractivity contribution in [3.8, 4) is 0 Å². The molecule has 0 heterocycles. The Bertz CT molecular complexity index is 263. The van der Waals surface area contributed by atoms with Gasteiger partial charge in [0.2, 0.25) is 0 Å². The third-order valence-electron chi connectivity index (χ3n) is 5.09. The zero-order valence-electron chi connectivity index (χ0n) is 16.9. The van der Waals surface area contributed by atoms with E-state index >= 15 is 0 Å². The van der Waals surface area contributed by atoms with Gasteiger partial charge in [-0.15, -0.1) is 11.6 Å². The van der Waals surface area contributed by atoms with Gasteiger partial charge in [-0.05, 0) is 19.3 Å². The summed E-state index contributed by atoms with van der Waals surface area (Å²) in [6.07, 6.45) is 26.5. The van der Waals surface area contributed by atoms with Crippen molar-refractivity contribution in [1.29, 1.82) is 0 Å². The SMILES string of the molecule is ClCCCCCCCCCCCCCCCCCCCCCC(Cl)(Cl)Cl. The summed E-state index contributed by atoms with van der Waals surface area (Å²) in [4.78, 5) is 0. The minimum atomic E-state index is -1.05. The van der Waals surface area contributed by atoms with E-state index < -0.39 is 3.79 Å². The van der Waals surface area contributed by atoms with Crippen molar-refractivity contribution < 1.29 is 0 Å². The molecular weight excluding hydrogens is 406 g/mol. The molecule has 0 atom stereocenters. The third-order valence-corrected chi connectivity index (χ3v) is 5.93. The zero-order valence-corrected chi connectivity index (χ0v) is 19.9. The van der Waals surface area contributed by atoms with Crippen LogP contribution >= 0.6 is 46.4 Å². The molecule has 0 aromatic carbocycles. The van der Waals surface area contributed by atoms with Crippen LogP contribution in [0.4, 0.5) is 0 Å². The second-order valence-corrected chi connectivity index (χ2v) is 10.7. The summed E-state index contributed by atoms with van der Waals surface area (Å²) < 4.78 is -1.05. The minimum absolute atomic E-state index is 0.687. The van der Waals surface area contributed by atoms with E-state index in [0.717, 1.165) is 12.3 Å². The lowest BCUT2D eigenvalue weighted by atomic mass is 10.0. The Labute approximate surface area is 184 Å². The Balaban J connectivity index is 3.01. The van der Waals surface area contributed by atoms with Crippen LogP contribution in [-0.4, -0.2) is 9.67 Å². The maximum atomic E-state index is 5.75. The van der Waals surface area contributed by atoms with Crippen LogP contribution in [-0.2, 0) is 0 Å². The van der Waals surface area contributed by atoms with Crippen molar-refractivity contribution in [2.45, 2.75) is 132 Å². The van der Waals surface area contributed by atoms with Crippen LogP contribution in [0, 0.1) is 0 Å². The number of hydrogen-bond donors (Lipinski definition) is 0. The van der Waals surface area contributed by atoms with Crippen molar-refractivity contribution in [2.24, 2.45) is 0 Å². The Kier molecular flexibility index (Phi) is 21.8. The molecule has 0 spiro atoms. The van der Waals surface area contributed by atoms with Crippen LogP contribution in [0.3, 0.4) is 0 Å². The van der Waals surface area contributed by atoms with E-state index in [9.17, 15) is 0 Å². The monoisotopic (exact) mass is 446 g/mol. The molecule has 4 heteroatoms. The molecule has 0 unspecified atom stereocenters. The lowest BCUT2D eigenvalue weighted by Gasteiger charge is -2.09. The highest BCUT2D eigenvalue weighted by Gasteiger charge is 2.17. The Hall–Kier alpha value is 1.16. The molecule has 0 amide bonds. The van der Waals surface area contributed by atoms with Crippen LogP contribution in [0.25, 0.3) is 0 Å². The van der Waals surface area contributed by atoms with Gasteiger partial charge in [-0.3, -0.25) is 0 Å². The summed E-state index contributed by atoms with van der Waals surface area (Å²) in [6.45, 7) is 0. The molecule has 0 aromatic rings. The van der Waals surface area contributed by atoms with Crippen LogP contribution < -0.4 is 0 Å². The summed E-state index contributed by atoms with van der Waals surface area (Å²) in [6, 6.07) is 0. The van der Waals surface area contributed by atoms with Crippen molar-refractivity contribution in [1.82, 2.24) is 0 Å². The molecule has 0 aromatic heterocycles. The normalized spacial score (nSPS) is 12.0. The average molecular weight is 448 g/mol. The van der Waals surface area contributed by atoms with Gasteiger partial charge in [0.1, 0.15) is 0 Å². The molecule has 0 fully saturated rings. The van der Waals surface area contributed by atoms with Gasteiger partial charge in [0.15, 0.2) is 3.79 Å². The van der Waals surface area contributed by atoms with Crippen LogP contribution in [0.2, 0.25) is 0 Å². The maximum absolute atomic E-state index is 5.75. The van der Waals surface area contributed by atoms with E-state index in [-0.39, 0.29) is 0 Å². The number of halogens is 4. The molecule has 0 radical (unpaired) electrons. The molecule has 26 heavy (non-hydrogen) atoms. The van der Waals surface area contributed by atoms with Crippen molar-refractivity contribution in [3.05, 3.63) is 0 Å². The standard InChI is InChI=1S/C22H42Cl4/c23-21-19-17-15-13-11-9-7-5-3-1-2-4-6-8-10-12-14-16-18-20-22(24,25)26/h1-21H2. The van der Waals surface area contributed by atoms with E-state index in [0.29, 0.717) is 6.42 Å². The smallest absolute Gasteiger partial charge is 0.127 e. The van der Waals surface area contributed by atoms with Gasteiger partial charge in [0, 0.05) is 5.88 Å². The van der Waals surface area contributed by atoms with Gasteiger partial charge in [-0.25, -0.2) is 0 Å². The first-order chi connectivity index (χ1) is 12.6. The fourth-order valence-electron chi connectivity index (χ4n) is 3.43. The quantitative estimate of drug-likeness (QED) is 0.128. The summed E-state index contributed by atoms with van der Waals surface area (Å²) in [5.41, 5.74) is 0. The molecule has 0 aliphatic rings. The zero-order chi connectivity index (χ0) is 19.3. The molecule has 0 saturated carbocycles. The summed E-state index contributed by atoms with van der Waals surface area (Å²) in [7, 11) is 0. The minimum Gasteiger partial charge on any atom is -0.127 e. The molecule has 0 saturated heterocycles. The lowest BCUT2D eigenvalue weighted by molar-refractivity contribution is 0.522. The first-order valence-corrected chi connectivity index (χ1v) is 12.9. The van der Waals surface area contributed by atoms with E-state index in [4.69, 9.17) is 46.4 Å². The van der Waals surface area contributed by atoms with Crippen LogP contribution in [0.15, 0.2) is 0 Å². The lowest BCUT2D eigenvalue weighted by Crippen LogP contribution is -2.00. The Morgan fingerprint density at radius 1 is 0.346 bits per heavy atom. The Morgan fingerprint density at radius 2 is 0.577 bits per heavy atom. The van der Waals surface area contributed by atoms with Crippen molar-refractivity contribution in [2.75, 3.05) is 5.88 Å². The fourth-order valence-corrected chi connectivity index (χ4v) is 4.02. The molecule has 0 bridgehead atoms. The third kappa shape index (κ3) is 25.2. The van der Waals surface area contributed by atoms with Gasteiger partial charge < -0.3 is 0 Å². The first kappa shape index (κ1) is 27.2. The number of unbranched alkanes of at least 4 members (excludes halogenated alkanes) is 18. The van der Waals surface area contributed by atoms with Crippen molar-refractivity contribution >= 4 is 46.4 Å². The molecule has 0 N–H and O–H groups in total. The predicted molar refractivity (Wildman–Crippen MR) is 123 cm³/mol. The van der Waals surface area contributed by atoms with E-state index in [1.807, 2.05) is 0 Å².